The monoisotopic (exact) mass is 425 g/mol. The van der Waals surface area contributed by atoms with Gasteiger partial charge in [0, 0.05) is 27.8 Å². The summed E-state index contributed by atoms with van der Waals surface area (Å²) in [6, 6.07) is 17.1. The van der Waals surface area contributed by atoms with Gasteiger partial charge in [0.2, 0.25) is 0 Å². The third-order valence-electron chi connectivity index (χ3n) is 4.79. The smallest absolute Gasteiger partial charge is 0.255 e. The zero-order chi connectivity index (χ0) is 21.1. The van der Waals surface area contributed by atoms with Crippen molar-refractivity contribution in [3.63, 3.8) is 0 Å². The molecule has 0 aromatic heterocycles. The largest absolute Gasteiger partial charge is 0.497 e. The molecule has 1 heterocycles. The Morgan fingerprint density at radius 2 is 1.77 bits per heavy atom. The summed E-state index contributed by atoms with van der Waals surface area (Å²) in [7, 11) is 1.54. The van der Waals surface area contributed by atoms with E-state index >= 15 is 0 Å². The first-order valence-corrected chi connectivity index (χ1v) is 9.76. The number of hydrogen-bond acceptors (Lipinski definition) is 5. The molecule has 0 saturated carbocycles. The molecule has 0 aliphatic carbocycles. The van der Waals surface area contributed by atoms with Crippen molar-refractivity contribution in [3.8, 4) is 17.2 Å². The van der Waals surface area contributed by atoms with E-state index in [1.165, 1.54) is 7.11 Å². The van der Waals surface area contributed by atoms with Gasteiger partial charge in [0.1, 0.15) is 25.1 Å². The number of benzene rings is 3. The molecule has 2 N–H and O–H groups in total. The Kier molecular flexibility index (Phi) is 5.79. The number of amides is 1. The average Bonchev–Trinajstić information content (AvgIpc) is 2.78. The number of ether oxygens (including phenoxy) is 3. The summed E-state index contributed by atoms with van der Waals surface area (Å²) in [4.78, 5) is 12.9. The van der Waals surface area contributed by atoms with Gasteiger partial charge in [-0.1, -0.05) is 35.9 Å². The number of methoxy groups -OCH3 is 1. The summed E-state index contributed by atoms with van der Waals surface area (Å²) < 4.78 is 16.5. The number of rotatable bonds is 5. The highest BCUT2D eigenvalue weighted by atomic mass is 35.5. The maximum Gasteiger partial charge on any atom is 0.255 e. The predicted octanol–water partition coefficient (Wildman–Crippen LogP) is 4.45. The number of hydrogen-bond donors (Lipinski definition) is 2. The van der Waals surface area contributed by atoms with Gasteiger partial charge in [0.25, 0.3) is 5.91 Å². The first-order chi connectivity index (χ1) is 14.6. The fourth-order valence-corrected chi connectivity index (χ4v) is 3.50. The number of fused-ring (bicyclic) bond motifs is 1. The van der Waals surface area contributed by atoms with Gasteiger partial charge in [-0.05, 0) is 30.3 Å². The molecule has 154 valence electrons. The number of anilines is 1. The summed E-state index contributed by atoms with van der Waals surface area (Å²) in [6.07, 6.45) is -1.07. The number of aliphatic hydroxyl groups is 1. The van der Waals surface area contributed by atoms with Crippen LogP contribution in [0.2, 0.25) is 5.02 Å². The van der Waals surface area contributed by atoms with E-state index in [2.05, 4.69) is 5.32 Å². The molecule has 0 spiro atoms. The first-order valence-electron chi connectivity index (χ1n) is 9.38. The molecule has 0 saturated heterocycles. The molecule has 0 radical (unpaired) electrons. The number of nitrogens with one attached hydrogen (secondary N) is 1. The lowest BCUT2D eigenvalue weighted by Gasteiger charge is -2.24. The van der Waals surface area contributed by atoms with Gasteiger partial charge in [-0.3, -0.25) is 4.79 Å². The van der Waals surface area contributed by atoms with E-state index in [-0.39, 0.29) is 5.91 Å². The van der Waals surface area contributed by atoms with Crippen molar-refractivity contribution in [3.05, 3.63) is 82.4 Å². The third-order valence-corrected chi connectivity index (χ3v) is 5.13. The quantitative estimate of drug-likeness (QED) is 0.631. The maximum atomic E-state index is 12.9. The molecule has 0 fully saturated rings. The zero-order valence-electron chi connectivity index (χ0n) is 16.2. The van der Waals surface area contributed by atoms with Crippen molar-refractivity contribution in [1.82, 2.24) is 0 Å². The highest BCUT2D eigenvalue weighted by molar-refractivity contribution is 6.31. The molecule has 1 aliphatic heterocycles. The predicted molar refractivity (Wildman–Crippen MR) is 114 cm³/mol. The van der Waals surface area contributed by atoms with Gasteiger partial charge in [0.15, 0.2) is 11.5 Å². The second-order valence-electron chi connectivity index (χ2n) is 6.69. The number of carbonyl (C=O) groups excluding carboxylic acids is 1. The lowest BCUT2D eigenvalue weighted by Crippen LogP contribution is -2.19. The molecule has 1 aliphatic rings. The van der Waals surface area contributed by atoms with Gasteiger partial charge in [0.05, 0.1) is 12.8 Å². The van der Waals surface area contributed by atoms with E-state index in [0.29, 0.717) is 57.9 Å². The Morgan fingerprint density at radius 1 is 1.03 bits per heavy atom. The molecule has 7 heteroatoms. The molecule has 0 unspecified atom stereocenters. The van der Waals surface area contributed by atoms with Crippen molar-refractivity contribution in [1.29, 1.82) is 0 Å². The molecule has 30 heavy (non-hydrogen) atoms. The normalized spacial score (nSPS) is 13.4. The fourth-order valence-electron chi connectivity index (χ4n) is 3.26. The van der Waals surface area contributed by atoms with Crippen LogP contribution in [0, 0.1) is 0 Å². The topological polar surface area (TPSA) is 77.0 Å². The van der Waals surface area contributed by atoms with Crippen molar-refractivity contribution in [2.45, 2.75) is 6.10 Å². The van der Waals surface area contributed by atoms with Crippen LogP contribution in [-0.4, -0.2) is 31.3 Å². The van der Waals surface area contributed by atoms with Gasteiger partial charge in [-0.2, -0.15) is 0 Å². The van der Waals surface area contributed by atoms with Gasteiger partial charge in [-0.15, -0.1) is 0 Å². The summed E-state index contributed by atoms with van der Waals surface area (Å²) in [5.41, 5.74) is 1.79. The van der Waals surface area contributed by atoms with E-state index in [1.54, 1.807) is 60.7 Å². The lowest BCUT2D eigenvalue weighted by atomic mass is 9.98. The first kappa shape index (κ1) is 20.1. The standard InChI is InChI=1S/C23H20ClNO5/c1-28-15-6-4-5-14(11-15)23(27)25-19-13-21-20(29-9-10-30-21)12-17(19)22(26)16-7-2-3-8-18(16)24/h2-8,11-13,22,26H,9-10H2,1H3,(H,25,27)/t22-/m1/s1. The molecular weight excluding hydrogens is 406 g/mol. The molecule has 4 rings (SSSR count). The van der Waals surface area contributed by atoms with Crippen molar-refractivity contribution in [2.75, 3.05) is 25.6 Å². The third kappa shape index (κ3) is 4.06. The minimum Gasteiger partial charge on any atom is -0.497 e. The molecule has 1 atom stereocenters. The maximum absolute atomic E-state index is 12.9. The Hall–Kier alpha value is -3.22. The minimum absolute atomic E-state index is 0.349. The minimum atomic E-state index is -1.07. The molecule has 0 bridgehead atoms. The summed E-state index contributed by atoms with van der Waals surface area (Å²) in [5.74, 6) is 1.22. The lowest BCUT2D eigenvalue weighted by molar-refractivity contribution is 0.102. The van der Waals surface area contributed by atoms with Crippen LogP contribution < -0.4 is 19.5 Å². The Bertz CT molecular complexity index is 1080. The molecule has 3 aromatic rings. The zero-order valence-corrected chi connectivity index (χ0v) is 17.0. The van der Waals surface area contributed by atoms with Crippen LogP contribution >= 0.6 is 11.6 Å². The Labute approximate surface area is 179 Å². The van der Waals surface area contributed by atoms with Crippen molar-refractivity contribution < 1.29 is 24.1 Å². The number of halogens is 1. The van der Waals surface area contributed by atoms with Gasteiger partial charge >= 0.3 is 0 Å². The molecular formula is C23H20ClNO5. The van der Waals surface area contributed by atoms with E-state index in [4.69, 9.17) is 25.8 Å². The number of aliphatic hydroxyl groups excluding tert-OH is 1. The van der Waals surface area contributed by atoms with Gasteiger partial charge in [-0.25, -0.2) is 0 Å². The van der Waals surface area contributed by atoms with Gasteiger partial charge < -0.3 is 24.6 Å². The summed E-state index contributed by atoms with van der Waals surface area (Å²) in [5, 5.41) is 14.4. The van der Waals surface area contributed by atoms with E-state index < -0.39 is 6.10 Å². The highest BCUT2D eigenvalue weighted by Gasteiger charge is 2.24. The van der Waals surface area contributed by atoms with E-state index in [9.17, 15) is 9.90 Å². The van der Waals surface area contributed by atoms with Crippen LogP contribution in [-0.2, 0) is 0 Å². The molecule has 1 amide bonds. The second-order valence-corrected chi connectivity index (χ2v) is 7.10. The summed E-state index contributed by atoms with van der Waals surface area (Å²) >= 11 is 6.28. The van der Waals surface area contributed by atoms with Crippen LogP contribution in [0.3, 0.4) is 0 Å². The van der Waals surface area contributed by atoms with Crippen molar-refractivity contribution >= 4 is 23.2 Å². The highest BCUT2D eigenvalue weighted by Crippen LogP contribution is 2.41. The van der Waals surface area contributed by atoms with Crippen molar-refractivity contribution in [2.24, 2.45) is 0 Å². The molecule has 3 aromatic carbocycles. The van der Waals surface area contributed by atoms with E-state index in [0.717, 1.165) is 0 Å². The Balaban J connectivity index is 1.74. The number of carbonyl (C=O) groups is 1. The van der Waals surface area contributed by atoms with Crippen LogP contribution in [0.25, 0.3) is 0 Å². The second kappa shape index (κ2) is 8.65. The Morgan fingerprint density at radius 3 is 2.50 bits per heavy atom. The molecule has 6 nitrogen and oxygen atoms in total. The van der Waals surface area contributed by atoms with Crippen LogP contribution in [0.4, 0.5) is 5.69 Å². The summed E-state index contributed by atoms with van der Waals surface area (Å²) in [6.45, 7) is 0.812. The van der Waals surface area contributed by atoms with Crippen LogP contribution in [0.5, 0.6) is 17.2 Å². The average molecular weight is 426 g/mol. The SMILES string of the molecule is COc1cccc(C(=O)Nc2cc3c(cc2[C@H](O)c2ccccc2Cl)OCCO3)c1. The van der Waals surface area contributed by atoms with Crippen LogP contribution in [0.15, 0.2) is 60.7 Å². The van der Waals surface area contributed by atoms with Crippen LogP contribution in [0.1, 0.15) is 27.6 Å². The van der Waals surface area contributed by atoms with E-state index in [1.807, 2.05) is 0 Å². The fraction of sp³-hybridized carbons (Fsp3) is 0.174.